The Bertz CT molecular complexity index is 805. The van der Waals surface area contributed by atoms with Crippen molar-refractivity contribution in [1.29, 1.82) is 0 Å². The van der Waals surface area contributed by atoms with Crippen LogP contribution in [0.2, 0.25) is 0 Å². The van der Waals surface area contributed by atoms with Gasteiger partial charge in [0.25, 0.3) is 11.8 Å². The van der Waals surface area contributed by atoms with Gasteiger partial charge in [0.2, 0.25) is 11.8 Å². The molecule has 0 aromatic rings. The first-order chi connectivity index (χ1) is 15.0. The van der Waals surface area contributed by atoms with Crippen molar-refractivity contribution in [2.24, 2.45) is 5.41 Å². The Hall–Kier alpha value is -3.17. The van der Waals surface area contributed by atoms with Crippen LogP contribution in [0.3, 0.4) is 0 Å². The van der Waals surface area contributed by atoms with Crippen LogP contribution >= 0.6 is 0 Å². The van der Waals surface area contributed by atoms with Gasteiger partial charge in [-0.15, -0.1) is 0 Å². The van der Waals surface area contributed by atoms with Gasteiger partial charge in [-0.3, -0.25) is 24.1 Å². The Morgan fingerprint density at radius 2 is 1.75 bits per heavy atom. The Morgan fingerprint density at radius 3 is 2.38 bits per heavy atom. The van der Waals surface area contributed by atoms with E-state index in [1.54, 1.807) is 14.1 Å². The maximum absolute atomic E-state index is 12.8. The summed E-state index contributed by atoms with van der Waals surface area (Å²) in [6, 6.07) is 0. The Kier molecular flexibility index (Phi) is 8.56. The monoisotopic (exact) mass is 448 g/mol. The summed E-state index contributed by atoms with van der Waals surface area (Å²) in [5, 5.41) is 2.69. The zero-order valence-electron chi connectivity index (χ0n) is 19.1. The molecule has 5 amide bonds. The molecule has 10 nitrogen and oxygen atoms in total. The fourth-order valence-corrected chi connectivity index (χ4v) is 3.38. The molecule has 0 saturated carbocycles. The van der Waals surface area contributed by atoms with Crippen LogP contribution in [0.4, 0.5) is 4.79 Å². The standard InChI is InChI=1S/C22H32N4O6/c1-16(27)24(3)13-14-25(4)21(31)32-17-7-5-6-11-22(2,12-10-17)20(30)23-15-26-18(28)8-9-19(26)29/h5,7-9,17H,6,10-15H2,1-4H3,(H,23,30)/b7-5+/t17-,22+/m0/s1. The van der Waals surface area contributed by atoms with Gasteiger partial charge in [0.1, 0.15) is 12.8 Å². The lowest BCUT2D eigenvalue weighted by atomic mass is 9.78. The maximum atomic E-state index is 12.8. The molecule has 0 aromatic heterocycles. The minimum atomic E-state index is -0.731. The smallest absolute Gasteiger partial charge is 0.410 e. The second-order valence-electron chi connectivity index (χ2n) is 8.45. The van der Waals surface area contributed by atoms with Gasteiger partial charge in [-0.1, -0.05) is 13.0 Å². The SMILES string of the molecule is CC(=O)N(C)CCN(C)C(=O)O[C@H]1/C=C/CC[C@@](C)(C(=O)NCN2C(=O)C=CC2=O)CC1. The minimum Gasteiger partial charge on any atom is -0.442 e. The van der Waals surface area contributed by atoms with Gasteiger partial charge in [-0.2, -0.15) is 0 Å². The van der Waals surface area contributed by atoms with Gasteiger partial charge in [0, 0.05) is 51.7 Å². The fraction of sp³-hybridized carbons (Fsp3) is 0.591. The van der Waals surface area contributed by atoms with Crippen molar-refractivity contribution in [2.75, 3.05) is 33.9 Å². The molecule has 0 spiro atoms. The van der Waals surface area contributed by atoms with Crippen LogP contribution in [-0.4, -0.2) is 84.4 Å². The van der Waals surface area contributed by atoms with Crippen molar-refractivity contribution in [3.05, 3.63) is 24.3 Å². The Balaban J connectivity index is 1.87. The number of nitrogens with zero attached hydrogens (tertiary/aromatic N) is 3. The lowest BCUT2D eigenvalue weighted by Crippen LogP contribution is -2.46. The van der Waals surface area contributed by atoms with Crippen molar-refractivity contribution in [3.63, 3.8) is 0 Å². The lowest BCUT2D eigenvalue weighted by Gasteiger charge is -2.32. The molecule has 0 radical (unpaired) electrons. The summed E-state index contributed by atoms with van der Waals surface area (Å²) in [5.41, 5.74) is -0.731. The van der Waals surface area contributed by atoms with E-state index in [0.717, 1.165) is 4.90 Å². The molecule has 1 aliphatic heterocycles. The normalized spacial score (nSPS) is 23.9. The van der Waals surface area contributed by atoms with Gasteiger partial charge in [0.15, 0.2) is 0 Å². The molecular formula is C22H32N4O6. The number of nitrogens with one attached hydrogen (secondary N) is 1. The van der Waals surface area contributed by atoms with Gasteiger partial charge in [0.05, 0.1) is 0 Å². The van der Waals surface area contributed by atoms with Gasteiger partial charge in [-0.05, 0) is 31.8 Å². The minimum absolute atomic E-state index is 0.0815. The van der Waals surface area contributed by atoms with E-state index in [1.165, 1.54) is 28.9 Å². The summed E-state index contributed by atoms with van der Waals surface area (Å²) in [7, 11) is 3.27. The van der Waals surface area contributed by atoms with Crippen LogP contribution in [0, 0.1) is 5.41 Å². The number of amides is 5. The highest BCUT2D eigenvalue weighted by molar-refractivity contribution is 6.13. The molecular weight excluding hydrogens is 416 g/mol. The number of hydrogen-bond donors (Lipinski definition) is 1. The molecule has 32 heavy (non-hydrogen) atoms. The number of rotatable bonds is 7. The molecule has 0 fully saturated rings. The molecule has 2 aliphatic rings. The van der Waals surface area contributed by atoms with E-state index in [9.17, 15) is 24.0 Å². The number of likely N-dealkylation sites (N-methyl/N-ethyl adjacent to an activating group) is 2. The first-order valence-corrected chi connectivity index (χ1v) is 10.7. The molecule has 10 heteroatoms. The van der Waals surface area contributed by atoms with Crippen LogP contribution in [0.25, 0.3) is 0 Å². The van der Waals surface area contributed by atoms with E-state index in [1.807, 2.05) is 19.1 Å². The van der Waals surface area contributed by atoms with Crippen molar-refractivity contribution in [3.8, 4) is 0 Å². The third-order valence-electron chi connectivity index (χ3n) is 5.91. The first-order valence-electron chi connectivity index (χ1n) is 10.7. The van der Waals surface area contributed by atoms with E-state index in [2.05, 4.69) is 5.32 Å². The molecule has 1 heterocycles. The molecule has 2 atom stereocenters. The topological polar surface area (TPSA) is 116 Å². The Morgan fingerprint density at radius 1 is 1.12 bits per heavy atom. The molecule has 0 aromatic carbocycles. The van der Waals surface area contributed by atoms with Gasteiger partial charge in [-0.25, -0.2) is 4.79 Å². The summed E-state index contributed by atoms with van der Waals surface area (Å²) < 4.78 is 5.58. The zero-order valence-corrected chi connectivity index (χ0v) is 19.1. The lowest BCUT2D eigenvalue weighted by molar-refractivity contribution is -0.139. The average molecular weight is 449 g/mol. The van der Waals surface area contributed by atoms with E-state index < -0.39 is 29.4 Å². The van der Waals surface area contributed by atoms with Crippen LogP contribution in [-0.2, 0) is 23.9 Å². The van der Waals surface area contributed by atoms with Crippen molar-refractivity contribution < 1.29 is 28.7 Å². The molecule has 176 valence electrons. The molecule has 0 unspecified atom stereocenters. The maximum Gasteiger partial charge on any atom is 0.410 e. The fourth-order valence-electron chi connectivity index (χ4n) is 3.38. The van der Waals surface area contributed by atoms with Gasteiger partial charge >= 0.3 is 6.09 Å². The van der Waals surface area contributed by atoms with Crippen LogP contribution < -0.4 is 5.32 Å². The number of ether oxygens (including phenoxy) is 1. The van der Waals surface area contributed by atoms with E-state index >= 15 is 0 Å². The largest absolute Gasteiger partial charge is 0.442 e. The second kappa shape index (κ2) is 10.9. The highest BCUT2D eigenvalue weighted by atomic mass is 16.6. The predicted octanol–water partition coefficient (Wildman–Crippen LogP) is 1.04. The average Bonchev–Trinajstić information content (AvgIpc) is 3.06. The summed E-state index contributed by atoms with van der Waals surface area (Å²) in [6.07, 6.45) is 7.23. The molecule has 2 rings (SSSR count). The van der Waals surface area contributed by atoms with E-state index in [-0.39, 0.29) is 18.5 Å². The number of carbonyl (C=O) groups is 5. The molecule has 0 bridgehead atoms. The highest BCUT2D eigenvalue weighted by Crippen LogP contribution is 2.33. The van der Waals surface area contributed by atoms with Crippen LogP contribution in [0.1, 0.15) is 39.5 Å². The molecule has 1 aliphatic carbocycles. The summed E-state index contributed by atoms with van der Waals surface area (Å²) in [5.74, 6) is -1.24. The van der Waals surface area contributed by atoms with E-state index in [4.69, 9.17) is 4.74 Å². The predicted molar refractivity (Wildman–Crippen MR) is 116 cm³/mol. The first kappa shape index (κ1) is 25.1. The zero-order chi connectivity index (χ0) is 23.9. The number of hydrogen-bond acceptors (Lipinski definition) is 6. The van der Waals surface area contributed by atoms with Crippen molar-refractivity contribution >= 4 is 29.7 Å². The van der Waals surface area contributed by atoms with Crippen LogP contribution in [0.15, 0.2) is 24.3 Å². The van der Waals surface area contributed by atoms with Gasteiger partial charge < -0.3 is 19.9 Å². The highest BCUT2D eigenvalue weighted by Gasteiger charge is 2.35. The number of carbonyl (C=O) groups excluding carboxylic acids is 5. The van der Waals surface area contributed by atoms with Crippen molar-refractivity contribution in [2.45, 2.75) is 45.6 Å². The van der Waals surface area contributed by atoms with Crippen LogP contribution in [0.5, 0.6) is 0 Å². The molecule has 1 N–H and O–H groups in total. The van der Waals surface area contributed by atoms with Crippen molar-refractivity contribution in [1.82, 2.24) is 20.0 Å². The molecule has 0 saturated heterocycles. The summed E-state index contributed by atoms with van der Waals surface area (Å²) in [4.78, 5) is 63.8. The Labute approximate surface area is 188 Å². The third kappa shape index (κ3) is 6.66. The summed E-state index contributed by atoms with van der Waals surface area (Å²) >= 11 is 0. The number of imide groups is 1. The number of allylic oxidation sites excluding steroid dienone is 1. The van der Waals surface area contributed by atoms with E-state index in [0.29, 0.717) is 38.8 Å². The quantitative estimate of drug-likeness (QED) is 0.459. The third-order valence-corrected chi connectivity index (χ3v) is 5.91. The summed E-state index contributed by atoms with van der Waals surface area (Å²) in [6.45, 7) is 3.86. The second-order valence-corrected chi connectivity index (χ2v) is 8.45.